The van der Waals surface area contributed by atoms with E-state index in [9.17, 15) is 9.18 Å². The number of anilines is 1. The molecule has 6 nitrogen and oxygen atoms in total. The number of ether oxygens (including phenoxy) is 1. The Kier molecular flexibility index (Phi) is 4.01. The maximum absolute atomic E-state index is 13.7. The highest BCUT2D eigenvalue weighted by Gasteiger charge is 2.11. The van der Waals surface area contributed by atoms with Crippen LogP contribution in [0.25, 0.3) is 0 Å². The number of carbonyl (C=O) groups is 1. The van der Waals surface area contributed by atoms with Crippen LogP contribution >= 0.6 is 11.3 Å². The second-order valence-electron chi connectivity index (χ2n) is 4.14. The normalized spacial score (nSPS) is 10.2. The van der Waals surface area contributed by atoms with Crippen molar-refractivity contribution in [2.24, 2.45) is 0 Å². The highest BCUT2D eigenvalue weighted by atomic mass is 32.1. The first-order valence-corrected chi connectivity index (χ1v) is 7.03. The molecule has 0 radical (unpaired) electrons. The van der Waals surface area contributed by atoms with E-state index in [1.165, 1.54) is 42.2 Å². The Labute approximate surface area is 128 Å². The predicted octanol–water partition coefficient (Wildman–Crippen LogP) is 3.12. The molecule has 0 spiro atoms. The first-order chi connectivity index (χ1) is 10.7. The van der Waals surface area contributed by atoms with E-state index in [-0.39, 0.29) is 11.3 Å². The summed E-state index contributed by atoms with van der Waals surface area (Å²) in [6.07, 6.45) is 5.79. The van der Waals surface area contributed by atoms with Crippen LogP contribution in [0.4, 0.5) is 9.52 Å². The molecule has 2 aromatic heterocycles. The van der Waals surface area contributed by atoms with Crippen LogP contribution in [0.3, 0.4) is 0 Å². The van der Waals surface area contributed by atoms with E-state index in [0.717, 1.165) is 6.07 Å². The average Bonchev–Trinajstić information content (AvgIpc) is 3.00. The van der Waals surface area contributed by atoms with Crippen molar-refractivity contribution in [1.82, 2.24) is 15.0 Å². The molecule has 0 unspecified atom stereocenters. The number of halogens is 1. The molecule has 3 rings (SSSR count). The SMILES string of the molecule is O=C(Nc1nccs1)c1cc(F)cc(Oc2cncnc2)c1. The van der Waals surface area contributed by atoms with Gasteiger partial charge in [-0.2, -0.15) is 0 Å². The van der Waals surface area contributed by atoms with E-state index in [4.69, 9.17) is 4.74 Å². The number of carbonyl (C=O) groups excluding carboxylic acids is 1. The quantitative estimate of drug-likeness (QED) is 0.800. The minimum Gasteiger partial charge on any atom is -0.454 e. The number of thiazole rings is 1. The van der Waals surface area contributed by atoms with Crippen molar-refractivity contribution >= 4 is 22.4 Å². The van der Waals surface area contributed by atoms with E-state index in [0.29, 0.717) is 10.9 Å². The number of aromatic nitrogens is 3. The summed E-state index contributed by atoms with van der Waals surface area (Å²) in [4.78, 5) is 23.6. The second kappa shape index (κ2) is 6.27. The van der Waals surface area contributed by atoms with E-state index in [1.54, 1.807) is 11.6 Å². The molecule has 0 aliphatic carbocycles. The van der Waals surface area contributed by atoms with E-state index < -0.39 is 11.7 Å². The Morgan fingerprint density at radius 2 is 2.00 bits per heavy atom. The van der Waals surface area contributed by atoms with Crippen molar-refractivity contribution < 1.29 is 13.9 Å². The molecule has 0 bridgehead atoms. The van der Waals surface area contributed by atoms with Gasteiger partial charge in [0.25, 0.3) is 5.91 Å². The molecule has 1 amide bonds. The van der Waals surface area contributed by atoms with Gasteiger partial charge in [0.05, 0.1) is 12.4 Å². The van der Waals surface area contributed by atoms with Gasteiger partial charge < -0.3 is 4.74 Å². The van der Waals surface area contributed by atoms with Crippen LogP contribution in [0.15, 0.2) is 48.5 Å². The maximum atomic E-state index is 13.7. The average molecular weight is 316 g/mol. The van der Waals surface area contributed by atoms with E-state index >= 15 is 0 Å². The van der Waals surface area contributed by atoms with Crippen molar-refractivity contribution in [2.45, 2.75) is 0 Å². The Morgan fingerprint density at radius 1 is 1.18 bits per heavy atom. The van der Waals surface area contributed by atoms with Gasteiger partial charge in [-0.3, -0.25) is 10.1 Å². The minimum atomic E-state index is -0.585. The number of hydrogen-bond acceptors (Lipinski definition) is 6. The van der Waals surface area contributed by atoms with Crippen molar-refractivity contribution in [2.75, 3.05) is 5.32 Å². The Bertz CT molecular complexity index is 781. The van der Waals surface area contributed by atoms with Crippen molar-refractivity contribution in [1.29, 1.82) is 0 Å². The number of amides is 1. The third kappa shape index (κ3) is 3.41. The topological polar surface area (TPSA) is 77.0 Å². The van der Waals surface area contributed by atoms with Crippen molar-refractivity contribution in [3.63, 3.8) is 0 Å². The van der Waals surface area contributed by atoms with Gasteiger partial charge in [-0.1, -0.05) is 0 Å². The van der Waals surface area contributed by atoms with Gasteiger partial charge in [-0.05, 0) is 12.1 Å². The third-order valence-corrected chi connectivity index (χ3v) is 3.25. The second-order valence-corrected chi connectivity index (χ2v) is 5.04. The maximum Gasteiger partial charge on any atom is 0.257 e. The van der Waals surface area contributed by atoms with Gasteiger partial charge in [0.1, 0.15) is 17.9 Å². The summed E-state index contributed by atoms with van der Waals surface area (Å²) in [5.41, 5.74) is 0.127. The Balaban J connectivity index is 1.81. The number of nitrogens with zero attached hydrogens (tertiary/aromatic N) is 3. The van der Waals surface area contributed by atoms with Crippen LogP contribution in [-0.2, 0) is 0 Å². The lowest BCUT2D eigenvalue weighted by Gasteiger charge is -2.07. The molecule has 0 saturated carbocycles. The number of hydrogen-bond donors (Lipinski definition) is 1. The van der Waals surface area contributed by atoms with Gasteiger partial charge in [-0.15, -0.1) is 11.3 Å². The van der Waals surface area contributed by atoms with E-state index in [1.807, 2.05) is 0 Å². The third-order valence-electron chi connectivity index (χ3n) is 2.56. The summed E-state index contributed by atoms with van der Waals surface area (Å²) in [5.74, 6) is -0.527. The lowest BCUT2D eigenvalue weighted by atomic mass is 10.2. The molecule has 22 heavy (non-hydrogen) atoms. The van der Waals surface area contributed by atoms with Crippen LogP contribution in [0, 0.1) is 5.82 Å². The van der Waals surface area contributed by atoms with Crippen LogP contribution in [-0.4, -0.2) is 20.9 Å². The zero-order valence-electron chi connectivity index (χ0n) is 11.1. The lowest BCUT2D eigenvalue weighted by molar-refractivity contribution is 0.102. The first kappa shape index (κ1) is 14.1. The number of rotatable bonds is 4. The van der Waals surface area contributed by atoms with Crippen molar-refractivity contribution in [3.8, 4) is 11.5 Å². The van der Waals surface area contributed by atoms with Gasteiger partial charge >= 0.3 is 0 Å². The molecule has 0 atom stereocenters. The Morgan fingerprint density at radius 3 is 2.73 bits per heavy atom. The summed E-state index contributed by atoms with van der Waals surface area (Å²) < 4.78 is 19.1. The smallest absolute Gasteiger partial charge is 0.257 e. The molecule has 1 N–H and O–H groups in total. The largest absolute Gasteiger partial charge is 0.454 e. The molecular weight excluding hydrogens is 307 g/mol. The molecule has 110 valence electrons. The zero-order chi connectivity index (χ0) is 15.4. The number of benzene rings is 1. The fourth-order valence-corrected chi connectivity index (χ4v) is 2.21. The molecule has 0 aliphatic rings. The van der Waals surface area contributed by atoms with Gasteiger partial charge in [0, 0.05) is 23.2 Å². The minimum absolute atomic E-state index is 0.127. The van der Waals surface area contributed by atoms with Gasteiger partial charge in [0.2, 0.25) is 0 Å². The summed E-state index contributed by atoms with van der Waals surface area (Å²) in [7, 11) is 0. The number of nitrogens with one attached hydrogen (secondary N) is 1. The zero-order valence-corrected chi connectivity index (χ0v) is 11.9. The fourth-order valence-electron chi connectivity index (χ4n) is 1.68. The van der Waals surface area contributed by atoms with Crippen molar-refractivity contribution in [3.05, 3.63) is 59.9 Å². The molecule has 0 fully saturated rings. The molecule has 3 aromatic rings. The highest BCUT2D eigenvalue weighted by molar-refractivity contribution is 7.13. The standard InChI is InChI=1S/C14H9FN4O2S/c15-10-3-9(13(20)19-14-18-1-2-22-14)4-11(5-10)21-12-6-16-8-17-7-12/h1-8H,(H,18,19,20). The van der Waals surface area contributed by atoms with Crippen LogP contribution in [0.5, 0.6) is 11.5 Å². The summed E-state index contributed by atoms with van der Waals surface area (Å²) in [5, 5.41) is 4.74. The molecule has 8 heteroatoms. The van der Waals surface area contributed by atoms with Crippen LogP contribution in [0.1, 0.15) is 10.4 Å². The van der Waals surface area contributed by atoms with E-state index in [2.05, 4.69) is 20.3 Å². The summed E-state index contributed by atoms with van der Waals surface area (Å²) in [6.45, 7) is 0. The summed E-state index contributed by atoms with van der Waals surface area (Å²) in [6, 6.07) is 3.73. The van der Waals surface area contributed by atoms with Crippen LogP contribution < -0.4 is 10.1 Å². The van der Waals surface area contributed by atoms with Gasteiger partial charge in [0.15, 0.2) is 10.9 Å². The van der Waals surface area contributed by atoms with Gasteiger partial charge in [-0.25, -0.2) is 19.3 Å². The Hall–Kier alpha value is -2.87. The molecule has 2 heterocycles. The lowest BCUT2D eigenvalue weighted by Crippen LogP contribution is -2.12. The molecule has 0 aliphatic heterocycles. The summed E-state index contributed by atoms with van der Waals surface area (Å²) >= 11 is 1.27. The predicted molar refractivity (Wildman–Crippen MR) is 78.6 cm³/mol. The molecular formula is C14H9FN4O2S. The monoisotopic (exact) mass is 316 g/mol. The molecule has 0 saturated heterocycles. The van der Waals surface area contributed by atoms with Crippen LogP contribution in [0.2, 0.25) is 0 Å². The fraction of sp³-hybridized carbons (Fsp3) is 0. The first-order valence-electron chi connectivity index (χ1n) is 6.15. The highest BCUT2D eigenvalue weighted by Crippen LogP contribution is 2.23. The molecule has 1 aromatic carbocycles.